The highest BCUT2D eigenvalue weighted by Crippen LogP contribution is 2.34. The van der Waals surface area contributed by atoms with Gasteiger partial charge in [0.2, 0.25) is 5.95 Å². The molecule has 194 valence electrons. The van der Waals surface area contributed by atoms with Crippen molar-refractivity contribution in [3.05, 3.63) is 78.6 Å². The quantitative estimate of drug-likeness (QED) is 0.178. The van der Waals surface area contributed by atoms with Gasteiger partial charge in [-0.15, -0.1) is 0 Å². The number of hydrogen-bond donors (Lipinski definition) is 2. The van der Waals surface area contributed by atoms with Gasteiger partial charge >= 0.3 is 0 Å². The Kier molecular flexibility index (Phi) is 8.68. The number of benzene rings is 1. The Bertz CT molecular complexity index is 1300. The average Bonchev–Trinajstić information content (AvgIpc) is 2.94. The van der Waals surface area contributed by atoms with E-state index in [1.165, 1.54) is 35.7 Å². The van der Waals surface area contributed by atoms with E-state index in [9.17, 15) is 4.39 Å². The summed E-state index contributed by atoms with van der Waals surface area (Å²) in [5.74, 6) is 0.0659. The molecule has 13 heteroatoms. The van der Waals surface area contributed by atoms with Gasteiger partial charge in [0.1, 0.15) is 15.9 Å². The maximum absolute atomic E-state index is 13.6. The molecule has 4 heterocycles. The molecule has 3 aromatic heterocycles. The van der Waals surface area contributed by atoms with E-state index in [2.05, 4.69) is 40.5 Å². The Labute approximate surface area is 232 Å². The minimum Gasteiger partial charge on any atom is -0.381 e. The van der Waals surface area contributed by atoms with Crippen molar-refractivity contribution in [2.75, 3.05) is 25.1 Å². The van der Waals surface area contributed by atoms with Crippen LogP contribution in [0.5, 0.6) is 0 Å². The summed E-state index contributed by atoms with van der Waals surface area (Å²) in [4.78, 5) is 26.3. The highest BCUT2D eigenvalue weighted by molar-refractivity contribution is 7.99. The predicted octanol–water partition coefficient (Wildman–Crippen LogP) is 4.53. The van der Waals surface area contributed by atoms with Gasteiger partial charge in [0.15, 0.2) is 15.4 Å². The minimum absolute atomic E-state index is 0.230. The Hall–Kier alpha value is -3.26. The van der Waals surface area contributed by atoms with Crippen LogP contribution in [0.3, 0.4) is 0 Å². The Morgan fingerprint density at radius 1 is 0.895 bits per heavy atom. The Morgan fingerprint density at radius 3 is 2.00 bits per heavy atom. The van der Waals surface area contributed by atoms with E-state index in [4.69, 9.17) is 17.0 Å². The molecule has 2 N–H and O–H groups in total. The van der Waals surface area contributed by atoms with E-state index < -0.39 is 0 Å². The lowest BCUT2D eigenvalue weighted by Gasteiger charge is -2.38. The molecule has 1 fully saturated rings. The summed E-state index contributed by atoms with van der Waals surface area (Å²) >= 11 is 8.24. The fourth-order valence-corrected chi connectivity index (χ4v) is 5.63. The van der Waals surface area contributed by atoms with Gasteiger partial charge < -0.3 is 15.4 Å². The standard InChI is InChI=1S/C25H23FN8OS3/c26-18-5-3-17(4-6-18)25(7-13-35-14-8-25)16-31-22(36)34-21-32-19(37-23-27-9-1-10-28-23)15-20(33-21)38-24-29-11-2-12-30-24/h1-6,9-12,15H,7-8,13-14,16H2,(H2,31,32,33,34,36). The third-order valence-corrected chi connectivity index (χ3v) is 7.74. The van der Waals surface area contributed by atoms with Crippen molar-refractivity contribution in [3.63, 3.8) is 0 Å². The van der Waals surface area contributed by atoms with Crippen molar-refractivity contribution in [3.8, 4) is 0 Å². The summed E-state index contributed by atoms with van der Waals surface area (Å²) in [6.07, 6.45) is 8.30. The zero-order valence-electron chi connectivity index (χ0n) is 20.1. The predicted molar refractivity (Wildman–Crippen MR) is 147 cm³/mol. The number of aromatic nitrogens is 6. The summed E-state index contributed by atoms with van der Waals surface area (Å²) in [5.41, 5.74) is 0.823. The van der Waals surface area contributed by atoms with E-state index in [1.54, 1.807) is 36.9 Å². The largest absolute Gasteiger partial charge is 0.381 e. The molecule has 38 heavy (non-hydrogen) atoms. The van der Waals surface area contributed by atoms with Crippen LogP contribution in [0.1, 0.15) is 18.4 Å². The molecule has 1 aromatic carbocycles. The lowest BCUT2D eigenvalue weighted by molar-refractivity contribution is 0.0515. The zero-order valence-corrected chi connectivity index (χ0v) is 22.5. The molecule has 0 amide bonds. The van der Waals surface area contributed by atoms with Gasteiger partial charge in [-0.1, -0.05) is 12.1 Å². The first-order valence-electron chi connectivity index (χ1n) is 11.8. The van der Waals surface area contributed by atoms with Crippen LogP contribution in [0.25, 0.3) is 0 Å². The monoisotopic (exact) mass is 566 g/mol. The van der Waals surface area contributed by atoms with Gasteiger partial charge in [0.05, 0.1) is 0 Å². The Morgan fingerprint density at radius 2 is 1.45 bits per heavy atom. The van der Waals surface area contributed by atoms with E-state index in [-0.39, 0.29) is 11.2 Å². The van der Waals surface area contributed by atoms with Crippen LogP contribution >= 0.6 is 35.7 Å². The highest BCUT2D eigenvalue weighted by atomic mass is 32.2. The lowest BCUT2D eigenvalue weighted by Crippen LogP contribution is -2.45. The summed E-state index contributed by atoms with van der Waals surface area (Å²) in [6, 6.07) is 12.0. The van der Waals surface area contributed by atoms with Crippen molar-refractivity contribution in [2.24, 2.45) is 0 Å². The first-order chi connectivity index (χ1) is 18.6. The molecule has 0 spiro atoms. The van der Waals surface area contributed by atoms with Crippen LogP contribution in [0.2, 0.25) is 0 Å². The van der Waals surface area contributed by atoms with Gasteiger partial charge in [-0.05, 0) is 78.4 Å². The van der Waals surface area contributed by atoms with Crippen molar-refractivity contribution < 1.29 is 9.13 Å². The second-order valence-electron chi connectivity index (χ2n) is 8.34. The van der Waals surface area contributed by atoms with Gasteiger partial charge in [0, 0.05) is 56.0 Å². The zero-order chi connectivity index (χ0) is 26.2. The summed E-state index contributed by atoms with van der Waals surface area (Å²) < 4.78 is 19.2. The molecular weight excluding hydrogens is 544 g/mol. The molecule has 0 unspecified atom stereocenters. The number of halogens is 1. The maximum Gasteiger partial charge on any atom is 0.231 e. The average molecular weight is 567 g/mol. The third kappa shape index (κ3) is 6.98. The molecule has 0 aliphatic carbocycles. The minimum atomic E-state index is -0.258. The first-order valence-corrected chi connectivity index (χ1v) is 13.8. The van der Waals surface area contributed by atoms with Crippen molar-refractivity contribution in [2.45, 2.75) is 38.6 Å². The highest BCUT2D eigenvalue weighted by Gasteiger charge is 2.34. The normalized spacial score (nSPS) is 14.6. The lowest BCUT2D eigenvalue weighted by atomic mass is 9.74. The van der Waals surface area contributed by atoms with Gasteiger partial charge in [-0.25, -0.2) is 34.3 Å². The van der Waals surface area contributed by atoms with Crippen LogP contribution in [-0.4, -0.2) is 54.8 Å². The summed E-state index contributed by atoms with van der Waals surface area (Å²) in [5, 5.41) is 9.21. The van der Waals surface area contributed by atoms with Gasteiger partial charge in [-0.3, -0.25) is 0 Å². The maximum atomic E-state index is 13.6. The molecule has 4 aromatic rings. The first kappa shape index (κ1) is 26.4. The number of nitrogens with zero attached hydrogens (tertiary/aromatic N) is 6. The molecule has 0 bridgehead atoms. The molecule has 1 aliphatic rings. The molecule has 0 saturated carbocycles. The molecule has 1 saturated heterocycles. The summed E-state index contributed by atoms with van der Waals surface area (Å²) in [7, 11) is 0. The number of anilines is 1. The molecular formula is C25H23FN8OS3. The molecule has 9 nitrogen and oxygen atoms in total. The van der Waals surface area contributed by atoms with Crippen LogP contribution < -0.4 is 10.6 Å². The number of nitrogens with one attached hydrogen (secondary N) is 2. The fourth-order valence-electron chi connectivity index (χ4n) is 3.96. The second-order valence-corrected chi connectivity index (χ2v) is 10.7. The smallest absolute Gasteiger partial charge is 0.231 e. The van der Waals surface area contributed by atoms with Crippen LogP contribution in [0.4, 0.5) is 10.3 Å². The van der Waals surface area contributed by atoms with Crippen molar-refractivity contribution in [1.82, 2.24) is 35.2 Å². The van der Waals surface area contributed by atoms with E-state index >= 15 is 0 Å². The second kappa shape index (κ2) is 12.5. The molecule has 5 rings (SSSR count). The van der Waals surface area contributed by atoms with Gasteiger partial charge in [0.25, 0.3) is 0 Å². The fraction of sp³-hybridized carbons (Fsp3) is 0.240. The van der Waals surface area contributed by atoms with Crippen LogP contribution in [0, 0.1) is 5.82 Å². The van der Waals surface area contributed by atoms with E-state index in [0.29, 0.717) is 51.2 Å². The van der Waals surface area contributed by atoms with Crippen LogP contribution in [-0.2, 0) is 10.2 Å². The molecule has 0 radical (unpaired) electrons. The van der Waals surface area contributed by atoms with Crippen molar-refractivity contribution >= 4 is 46.8 Å². The number of ether oxygens (including phenoxy) is 1. The SMILES string of the molecule is Fc1ccc(C2(CNC(=S)Nc3nc(Sc4ncccn4)cc(Sc4ncccn4)n3)CCOCC2)cc1. The van der Waals surface area contributed by atoms with Crippen LogP contribution in [0.15, 0.2) is 87.6 Å². The van der Waals surface area contributed by atoms with Gasteiger partial charge in [-0.2, -0.15) is 0 Å². The van der Waals surface area contributed by atoms with E-state index in [0.717, 1.165) is 18.4 Å². The summed E-state index contributed by atoms with van der Waals surface area (Å²) in [6.45, 7) is 1.82. The number of thiocarbonyl (C=S) groups is 1. The molecule has 1 aliphatic heterocycles. The molecule has 0 atom stereocenters. The third-order valence-electron chi connectivity index (χ3n) is 5.87. The topological polar surface area (TPSA) is 111 Å². The van der Waals surface area contributed by atoms with Crippen molar-refractivity contribution in [1.29, 1.82) is 0 Å². The number of hydrogen-bond acceptors (Lipinski definition) is 10. The number of rotatable bonds is 8. The van der Waals surface area contributed by atoms with E-state index in [1.807, 2.05) is 18.2 Å². The Balaban J connectivity index is 1.32.